The van der Waals surface area contributed by atoms with Gasteiger partial charge in [0.15, 0.2) is 0 Å². The van der Waals surface area contributed by atoms with Crippen LogP contribution in [0, 0.1) is 0 Å². The van der Waals surface area contributed by atoms with Gasteiger partial charge in [-0.15, -0.1) is 0 Å². The lowest BCUT2D eigenvalue weighted by Gasteiger charge is -2.31. The predicted molar refractivity (Wildman–Crippen MR) is 170 cm³/mol. The number of hydrogen-bond acceptors (Lipinski definition) is 4. The Balaban J connectivity index is 1.56. The molecule has 43 heavy (non-hydrogen) atoms. The van der Waals surface area contributed by atoms with Gasteiger partial charge >= 0.3 is 0 Å². The normalized spacial score (nSPS) is 12.0. The molecule has 0 aliphatic heterocycles. The van der Waals surface area contributed by atoms with Crippen molar-refractivity contribution in [2.24, 2.45) is 0 Å². The second-order valence-electron chi connectivity index (χ2n) is 10.2. The lowest BCUT2D eigenvalue weighted by Crippen LogP contribution is -2.50. The Morgan fingerprint density at radius 3 is 1.95 bits per heavy atom. The van der Waals surface area contributed by atoms with Crippen molar-refractivity contribution in [1.29, 1.82) is 0 Å². The molecular weight excluding hydrogens is 582 g/mol. The van der Waals surface area contributed by atoms with Crippen molar-refractivity contribution in [3.8, 4) is 0 Å². The Morgan fingerprint density at radius 1 is 0.767 bits per heavy atom. The van der Waals surface area contributed by atoms with E-state index < -0.39 is 16.1 Å². The molecule has 4 rings (SSSR count). The van der Waals surface area contributed by atoms with Gasteiger partial charge in [-0.25, -0.2) is 13.1 Å². The number of benzene rings is 4. The highest BCUT2D eigenvalue weighted by molar-refractivity contribution is 7.89. The quantitative estimate of drug-likeness (QED) is 0.195. The van der Waals surface area contributed by atoms with Crippen molar-refractivity contribution in [1.82, 2.24) is 14.9 Å². The standard InChI is InChI=1S/C34H36ClN3O4S/c1-2-37-43(41,42)31-20-15-26(16-21-31)17-22-33(39)38(25-29-11-7-4-8-12-29)32(23-27-9-5-3-6-10-27)34(40)36-24-28-13-18-30(35)19-14-28/h3-16,18-21,32,37H,2,17,22-25H2,1H3,(H,36,40). The zero-order chi connectivity index (χ0) is 30.7. The minimum atomic E-state index is -3.56. The summed E-state index contributed by atoms with van der Waals surface area (Å²) in [5.74, 6) is -0.420. The van der Waals surface area contributed by atoms with E-state index in [4.69, 9.17) is 11.6 Å². The summed E-state index contributed by atoms with van der Waals surface area (Å²) in [4.78, 5) is 29.5. The molecule has 224 valence electrons. The number of nitrogens with one attached hydrogen (secondary N) is 2. The van der Waals surface area contributed by atoms with Gasteiger partial charge < -0.3 is 10.2 Å². The van der Waals surface area contributed by atoms with E-state index in [0.29, 0.717) is 31.0 Å². The van der Waals surface area contributed by atoms with E-state index in [0.717, 1.165) is 22.3 Å². The van der Waals surface area contributed by atoms with Crippen molar-refractivity contribution >= 4 is 33.4 Å². The topological polar surface area (TPSA) is 95.6 Å². The van der Waals surface area contributed by atoms with Gasteiger partial charge in [0.05, 0.1) is 4.90 Å². The average molecular weight is 618 g/mol. The number of rotatable bonds is 14. The molecule has 4 aromatic rings. The molecule has 0 fully saturated rings. The summed E-state index contributed by atoms with van der Waals surface area (Å²) in [6.07, 6.45) is 0.904. The van der Waals surface area contributed by atoms with E-state index in [1.807, 2.05) is 72.8 Å². The Kier molecular flexibility index (Phi) is 11.5. The van der Waals surface area contributed by atoms with Crippen LogP contribution >= 0.6 is 11.6 Å². The molecule has 0 heterocycles. The summed E-state index contributed by atoms with van der Waals surface area (Å²) in [5, 5.41) is 3.64. The summed E-state index contributed by atoms with van der Waals surface area (Å²) in [6.45, 7) is 2.59. The Morgan fingerprint density at radius 2 is 1.35 bits per heavy atom. The van der Waals surface area contributed by atoms with Crippen LogP contribution in [-0.2, 0) is 45.5 Å². The highest BCUT2D eigenvalue weighted by Gasteiger charge is 2.30. The molecule has 0 bridgehead atoms. The van der Waals surface area contributed by atoms with Crippen molar-refractivity contribution in [2.75, 3.05) is 6.54 Å². The third-order valence-corrected chi connectivity index (χ3v) is 8.86. The van der Waals surface area contributed by atoms with Crippen LogP contribution in [0.4, 0.5) is 0 Å². The Labute approximate surface area is 258 Å². The van der Waals surface area contributed by atoms with Crippen LogP contribution in [0.5, 0.6) is 0 Å². The molecule has 1 unspecified atom stereocenters. The fourth-order valence-electron chi connectivity index (χ4n) is 4.75. The first kappa shape index (κ1) is 31.9. The number of aryl methyl sites for hydroxylation is 1. The van der Waals surface area contributed by atoms with Crippen LogP contribution in [-0.4, -0.2) is 37.7 Å². The molecule has 2 N–H and O–H groups in total. The fourth-order valence-corrected chi connectivity index (χ4v) is 5.91. The van der Waals surface area contributed by atoms with Crippen LogP contribution in [0.25, 0.3) is 0 Å². The first-order chi connectivity index (χ1) is 20.7. The van der Waals surface area contributed by atoms with Gasteiger partial charge in [0, 0.05) is 37.5 Å². The monoisotopic (exact) mass is 617 g/mol. The summed E-state index contributed by atoms with van der Waals surface area (Å²) >= 11 is 6.02. The summed E-state index contributed by atoms with van der Waals surface area (Å²) in [6, 6.07) is 32.3. The van der Waals surface area contributed by atoms with E-state index in [9.17, 15) is 18.0 Å². The highest BCUT2D eigenvalue weighted by Crippen LogP contribution is 2.18. The fraction of sp³-hybridized carbons (Fsp3) is 0.235. The SMILES string of the molecule is CCNS(=O)(=O)c1ccc(CCC(=O)N(Cc2ccccc2)C(Cc2ccccc2)C(=O)NCc2ccc(Cl)cc2)cc1. The molecule has 0 radical (unpaired) electrons. The average Bonchev–Trinajstić information content (AvgIpc) is 3.02. The molecule has 4 aromatic carbocycles. The number of nitrogens with zero attached hydrogens (tertiary/aromatic N) is 1. The van der Waals surface area contributed by atoms with Crippen molar-refractivity contribution in [2.45, 2.75) is 50.2 Å². The first-order valence-electron chi connectivity index (χ1n) is 14.2. The zero-order valence-corrected chi connectivity index (χ0v) is 25.7. The Bertz CT molecular complexity index is 1580. The number of hydrogen-bond donors (Lipinski definition) is 2. The van der Waals surface area contributed by atoms with Gasteiger partial charge in [0.1, 0.15) is 6.04 Å². The van der Waals surface area contributed by atoms with Crippen LogP contribution in [0.15, 0.2) is 114 Å². The third-order valence-electron chi connectivity index (χ3n) is 7.04. The third kappa shape index (κ3) is 9.51. The molecule has 1 atom stereocenters. The number of sulfonamides is 1. The molecule has 2 amide bonds. The maximum Gasteiger partial charge on any atom is 0.243 e. The van der Waals surface area contributed by atoms with Crippen LogP contribution in [0.1, 0.15) is 35.6 Å². The van der Waals surface area contributed by atoms with Crippen LogP contribution < -0.4 is 10.0 Å². The molecular formula is C34H36ClN3O4S. The molecule has 0 aromatic heterocycles. The highest BCUT2D eigenvalue weighted by atomic mass is 35.5. The largest absolute Gasteiger partial charge is 0.350 e. The van der Waals surface area contributed by atoms with Gasteiger partial charge in [0.25, 0.3) is 0 Å². The number of carbonyl (C=O) groups is 2. The van der Waals surface area contributed by atoms with Crippen molar-refractivity contribution < 1.29 is 18.0 Å². The van der Waals surface area contributed by atoms with Gasteiger partial charge in [-0.2, -0.15) is 0 Å². The van der Waals surface area contributed by atoms with Crippen LogP contribution in [0.2, 0.25) is 5.02 Å². The molecule has 0 saturated carbocycles. The van der Waals surface area contributed by atoms with Gasteiger partial charge in [-0.05, 0) is 52.9 Å². The molecule has 0 saturated heterocycles. The van der Waals surface area contributed by atoms with E-state index in [1.54, 1.807) is 48.2 Å². The smallest absolute Gasteiger partial charge is 0.243 e. The maximum atomic E-state index is 13.9. The summed E-state index contributed by atoms with van der Waals surface area (Å²) in [5.41, 5.74) is 3.59. The van der Waals surface area contributed by atoms with Gasteiger partial charge in [0.2, 0.25) is 21.8 Å². The minimum absolute atomic E-state index is 0.155. The van der Waals surface area contributed by atoms with E-state index in [-0.39, 0.29) is 29.7 Å². The first-order valence-corrected chi connectivity index (χ1v) is 16.1. The predicted octanol–water partition coefficient (Wildman–Crippen LogP) is 5.53. The van der Waals surface area contributed by atoms with Crippen molar-refractivity contribution in [3.05, 3.63) is 136 Å². The number of carbonyl (C=O) groups excluding carboxylic acids is 2. The lowest BCUT2D eigenvalue weighted by molar-refractivity contribution is -0.141. The molecule has 0 aliphatic rings. The lowest BCUT2D eigenvalue weighted by atomic mass is 10.0. The second-order valence-corrected chi connectivity index (χ2v) is 12.4. The molecule has 7 nitrogen and oxygen atoms in total. The van der Waals surface area contributed by atoms with Crippen LogP contribution in [0.3, 0.4) is 0 Å². The van der Waals surface area contributed by atoms with Gasteiger partial charge in [-0.1, -0.05) is 103 Å². The molecule has 0 spiro atoms. The maximum absolute atomic E-state index is 13.9. The summed E-state index contributed by atoms with van der Waals surface area (Å²) < 4.78 is 27.1. The molecule has 0 aliphatic carbocycles. The number of halogens is 1. The zero-order valence-electron chi connectivity index (χ0n) is 24.1. The summed E-state index contributed by atoms with van der Waals surface area (Å²) in [7, 11) is -3.56. The number of amides is 2. The Hall–Kier alpha value is -3.98. The van der Waals surface area contributed by atoms with Gasteiger partial charge in [-0.3, -0.25) is 9.59 Å². The molecule has 9 heteroatoms. The second kappa shape index (κ2) is 15.5. The van der Waals surface area contributed by atoms with E-state index >= 15 is 0 Å². The minimum Gasteiger partial charge on any atom is -0.350 e. The van der Waals surface area contributed by atoms with E-state index in [2.05, 4.69) is 10.0 Å². The van der Waals surface area contributed by atoms with Crippen molar-refractivity contribution in [3.63, 3.8) is 0 Å². The van der Waals surface area contributed by atoms with E-state index in [1.165, 1.54) is 0 Å².